The summed E-state index contributed by atoms with van der Waals surface area (Å²) in [6, 6.07) is 8.09. The molecule has 0 saturated heterocycles. The predicted octanol–water partition coefficient (Wildman–Crippen LogP) is 2.63. The molecule has 1 aliphatic rings. The van der Waals surface area contributed by atoms with Crippen LogP contribution in [0.25, 0.3) is 11.1 Å². The molecule has 122 valence electrons. The molecule has 24 heavy (non-hydrogen) atoms. The van der Waals surface area contributed by atoms with E-state index in [1.807, 2.05) is 18.2 Å². The highest BCUT2D eigenvalue weighted by atomic mass is 16.3. The zero-order valence-corrected chi connectivity index (χ0v) is 13.3. The van der Waals surface area contributed by atoms with Gasteiger partial charge in [0.15, 0.2) is 0 Å². The number of aromatic amines is 1. The second-order valence-electron chi connectivity index (χ2n) is 6.06. The maximum atomic E-state index is 12.8. The summed E-state index contributed by atoms with van der Waals surface area (Å²) in [7, 11) is 0. The lowest BCUT2D eigenvalue weighted by molar-refractivity contribution is 0.0932. The first-order valence-electron chi connectivity index (χ1n) is 8.00. The molecular weight excluding hydrogens is 306 g/mol. The minimum absolute atomic E-state index is 0.0532. The van der Waals surface area contributed by atoms with E-state index < -0.39 is 0 Å². The van der Waals surface area contributed by atoms with Gasteiger partial charge in [-0.15, -0.1) is 0 Å². The Morgan fingerprint density at radius 2 is 2.21 bits per heavy atom. The predicted molar refractivity (Wildman–Crippen MR) is 89.0 cm³/mol. The number of rotatable bonds is 2. The summed E-state index contributed by atoms with van der Waals surface area (Å²) in [5, 5.41) is 3.26. The van der Waals surface area contributed by atoms with Gasteiger partial charge in [0.25, 0.3) is 11.5 Å². The van der Waals surface area contributed by atoms with E-state index in [0.717, 1.165) is 24.8 Å². The number of fused-ring (bicyclic) bond motifs is 2. The van der Waals surface area contributed by atoms with Gasteiger partial charge in [-0.05, 0) is 37.3 Å². The molecule has 6 heteroatoms. The molecule has 2 aromatic heterocycles. The Morgan fingerprint density at radius 3 is 3.08 bits per heavy atom. The van der Waals surface area contributed by atoms with Gasteiger partial charge in [-0.2, -0.15) is 0 Å². The minimum atomic E-state index is -0.369. The van der Waals surface area contributed by atoms with Crippen molar-refractivity contribution in [3.63, 3.8) is 0 Å². The Morgan fingerprint density at radius 1 is 1.38 bits per heavy atom. The number of carbonyl (C=O) groups is 1. The van der Waals surface area contributed by atoms with E-state index in [4.69, 9.17) is 4.42 Å². The summed E-state index contributed by atoms with van der Waals surface area (Å²) >= 11 is 0. The van der Waals surface area contributed by atoms with E-state index in [9.17, 15) is 9.59 Å². The molecule has 0 saturated carbocycles. The van der Waals surface area contributed by atoms with Crippen molar-refractivity contribution in [1.82, 2.24) is 15.3 Å². The van der Waals surface area contributed by atoms with Crippen molar-refractivity contribution in [3.8, 4) is 0 Å². The monoisotopic (exact) mass is 323 g/mol. The highest BCUT2D eigenvalue weighted by Crippen LogP contribution is 2.30. The maximum absolute atomic E-state index is 12.8. The van der Waals surface area contributed by atoms with Gasteiger partial charge in [0, 0.05) is 0 Å². The average Bonchev–Trinajstić information content (AvgIpc) is 2.92. The number of hydrogen-bond donors (Lipinski definition) is 2. The number of carbonyl (C=O) groups excluding carboxylic acids is 1. The topological polar surface area (TPSA) is 88.0 Å². The lowest BCUT2D eigenvalue weighted by Gasteiger charge is -2.26. The summed E-state index contributed by atoms with van der Waals surface area (Å²) < 4.78 is 5.47. The molecule has 4 rings (SSSR count). The first kappa shape index (κ1) is 14.7. The van der Waals surface area contributed by atoms with E-state index in [1.54, 1.807) is 6.92 Å². The Labute approximate surface area is 137 Å². The zero-order valence-electron chi connectivity index (χ0n) is 13.3. The molecule has 1 aromatic carbocycles. The molecule has 3 aromatic rings. The average molecular weight is 323 g/mol. The second-order valence-corrected chi connectivity index (χ2v) is 6.06. The van der Waals surface area contributed by atoms with Gasteiger partial charge in [0.1, 0.15) is 11.1 Å². The van der Waals surface area contributed by atoms with Crippen LogP contribution in [0.3, 0.4) is 0 Å². The van der Waals surface area contributed by atoms with E-state index in [1.165, 1.54) is 11.9 Å². The third-order valence-corrected chi connectivity index (χ3v) is 4.57. The SMILES string of the molecule is Cc1oc2nc[nH]c(=O)c2c1C(=O)N[C@H]1CCCc2ccccc21. The molecule has 6 nitrogen and oxygen atoms in total. The molecule has 1 atom stereocenters. The largest absolute Gasteiger partial charge is 0.442 e. The van der Waals surface area contributed by atoms with Gasteiger partial charge < -0.3 is 14.7 Å². The van der Waals surface area contributed by atoms with Crippen LogP contribution in [0.4, 0.5) is 0 Å². The molecule has 0 aliphatic heterocycles. The van der Waals surface area contributed by atoms with Crippen LogP contribution >= 0.6 is 0 Å². The summed E-state index contributed by atoms with van der Waals surface area (Å²) in [6.07, 6.45) is 4.20. The van der Waals surface area contributed by atoms with Crippen molar-refractivity contribution in [2.75, 3.05) is 0 Å². The van der Waals surface area contributed by atoms with Crippen molar-refractivity contribution in [2.45, 2.75) is 32.2 Å². The van der Waals surface area contributed by atoms with Crippen molar-refractivity contribution >= 4 is 17.0 Å². The third-order valence-electron chi connectivity index (χ3n) is 4.57. The smallest absolute Gasteiger partial charge is 0.262 e. The molecule has 0 unspecified atom stereocenters. The zero-order chi connectivity index (χ0) is 16.7. The molecule has 0 spiro atoms. The van der Waals surface area contributed by atoms with E-state index in [-0.39, 0.29) is 34.2 Å². The number of aromatic nitrogens is 2. The lowest BCUT2D eigenvalue weighted by atomic mass is 9.87. The number of benzene rings is 1. The third kappa shape index (κ3) is 2.31. The number of H-pyrrole nitrogens is 1. The Balaban J connectivity index is 1.72. The Hall–Kier alpha value is -2.89. The van der Waals surface area contributed by atoms with E-state index in [0.29, 0.717) is 5.76 Å². The Bertz CT molecular complexity index is 987. The van der Waals surface area contributed by atoms with Crippen LogP contribution in [-0.2, 0) is 6.42 Å². The van der Waals surface area contributed by atoms with Gasteiger partial charge in [-0.1, -0.05) is 24.3 Å². The van der Waals surface area contributed by atoms with Crippen LogP contribution in [-0.4, -0.2) is 15.9 Å². The number of amides is 1. The van der Waals surface area contributed by atoms with Gasteiger partial charge in [-0.25, -0.2) is 4.98 Å². The fourth-order valence-electron chi connectivity index (χ4n) is 3.46. The van der Waals surface area contributed by atoms with Crippen LogP contribution in [0, 0.1) is 6.92 Å². The van der Waals surface area contributed by atoms with E-state index >= 15 is 0 Å². The number of aryl methyl sites for hydroxylation is 2. The summed E-state index contributed by atoms with van der Waals surface area (Å²) in [5.74, 6) is 0.0993. The van der Waals surface area contributed by atoms with Crippen LogP contribution < -0.4 is 10.9 Å². The number of hydrogen-bond acceptors (Lipinski definition) is 4. The quantitative estimate of drug-likeness (QED) is 0.759. The Kier molecular flexibility index (Phi) is 3.45. The molecule has 1 aliphatic carbocycles. The second kappa shape index (κ2) is 5.63. The van der Waals surface area contributed by atoms with E-state index in [2.05, 4.69) is 21.4 Å². The summed E-state index contributed by atoms with van der Waals surface area (Å²) in [4.78, 5) is 31.4. The van der Waals surface area contributed by atoms with Gasteiger partial charge in [-0.3, -0.25) is 9.59 Å². The first-order chi connectivity index (χ1) is 11.6. The van der Waals surface area contributed by atoms with Crippen molar-refractivity contribution in [1.29, 1.82) is 0 Å². The summed E-state index contributed by atoms with van der Waals surface area (Å²) in [5.41, 5.74) is 2.50. The number of furan rings is 1. The van der Waals surface area contributed by atoms with Crippen molar-refractivity contribution < 1.29 is 9.21 Å². The van der Waals surface area contributed by atoms with Crippen LogP contribution in [0.5, 0.6) is 0 Å². The highest BCUT2D eigenvalue weighted by molar-refractivity contribution is 6.06. The van der Waals surface area contributed by atoms with Gasteiger partial charge >= 0.3 is 0 Å². The van der Waals surface area contributed by atoms with Crippen LogP contribution in [0.15, 0.2) is 39.8 Å². The molecule has 1 amide bonds. The van der Waals surface area contributed by atoms with Crippen molar-refractivity contribution in [2.24, 2.45) is 0 Å². The van der Waals surface area contributed by atoms with Gasteiger partial charge in [0.05, 0.1) is 17.9 Å². The lowest BCUT2D eigenvalue weighted by Crippen LogP contribution is -2.31. The fraction of sp³-hybridized carbons (Fsp3) is 0.278. The normalized spacial score (nSPS) is 16.8. The van der Waals surface area contributed by atoms with Crippen molar-refractivity contribution in [3.05, 3.63) is 63.4 Å². The molecule has 2 N–H and O–H groups in total. The van der Waals surface area contributed by atoms with Gasteiger partial charge in [0.2, 0.25) is 5.71 Å². The minimum Gasteiger partial charge on any atom is -0.442 e. The molecule has 0 fully saturated rings. The van der Waals surface area contributed by atoms with Crippen LogP contribution in [0.2, 0.25) is 0 Å². The molecule has 2 heterocycles. The molecular formula is C18H17N3O3. The summed E-state index contributed by atoms with van der Waals surface area (Å²) in [6.45, 7) is 1.67. The molecule has 0 radical (unpaired) electrons. The first-order valence-corrected chi connectivity index (χ1v) is 8.00. The molecule has 0 bridgehead atoms. The highest BCUT2D eigenvalue weighted by Gasteiger charge is 2.26. The van der Waals surface area contributed by atoms with Crippen LogP contribution in [0.1, 0.15) is 46.1 Å². The number of nitrogens with zero attached hydrogens (tertiary/aromatic N) is 1. The maximum Gasteiger partial charge on any atom is 0.262 e. The fourth-order valence-corrected chi connectivity index (χ4v) is 3.46. The standard InChI is InChI=1S/C18H17N3O3/c1-10-14(15-16(22)19-9-20-18(15)24-10)17(23)21-13-8-4-6-11-5-2-3-7-12(11)13/h2-3,5,7,9,13H,4,6,8H2,1H3,(H,21,23)(H,19,20,22)/t13-/m0/s1. The number of nitrogens with one attached hydrogen (secondary N) is 2.